The number of aromatic nitrogens is 4. The number of aliphatic carboxylic acids is 1. The lowest BCUT2D eigenvalue weighted by Crippen LogP contribution is -2.45. The van der Waals surface area contributed by atoms with Gasteiger partial charge in [0.05, 0.1) is 18.2 Å². The molecule has 0 saturated carbocycles. The first-order chi connectivity index (χ1) is 13.6. The summed E-state index contributed by atoms with van der Waals surface area (Å²) in [5.41, 5.74) is 5.79. The second-order valence-corrected chi connectivity index (χ2v) is 8.64. The van der Waals surface area contributed by atoms with Gasteiger partial charge in [-0.2, -0.15) is 4.80 Å². The van der Waals surface area contributed by atoms with E-state index in [0.29, 0.717) is 15.6 Å². The molecule has 0 aliphatic carbocycles. The normalized spacial score (nSPS) is 12.7. The van der Waals surface area contributed by atoms with Crippen molar-refractivity contribution in [3.63, 3.8) is 0 Å². The molecule has 0 bridgehead atoms. The lowest BCUT2D eigenvalue weighted by molar-refractivity contribution is -0.139. The van der Waals surface area contributed by atoms with Crippen LogP contribution in [0.2, 0.25) is 10.0 Å². The lowest BCUT2D eigenvalue weighted by Gasteiger charge is -2.15. The number of sulfonamides is 1. The molecular weight excluding hydrogens is 447 g/mol. The van der Waals surface area contributed by atoms with Gasteiger partial charge in [0.2, 0.25) is 10.0 Å². The maximum Gasteiger partial charge on any atom is 0.305 e. The molecule has 0 saturated heterocycles. The van der Waals surface area contributed by atoms with E-state index in [-0.39, 0.29) is 18.8 Å². The fraction of sp³-hybridized carbons (Fsp3) is 0.400. The number of rotatable bonds is 11. The Bertz CT molecular complexity index is 977. The average molecular weight is 465 g/mol. The van der Waals surface area contributed by atoms with E-state index in [1.807, 2.05) is 4.72 Å². The summed E-state index contributed by atoms with van der Waals surface area (Å²) in [7, 11) is -3.91. The Balaban J connectivity index is 2.11. The minimum Gasteiger partial charge on any atom is -0.481 e. The van der Waals surface area contributed by atoms with E-state index in [4.69, 9.17) is 34.0 Å². The van der Waals surface area contributed by atoms with Crippen molar-refractivity contribution < 1.29 is 23.1 Å². The molecule has 0 spiro atoms. The van der Waals surface area contributed by atoms with Crippen molar-refractivity contribution in [2.24, 2.45) is 5.73 Å². The van der Waals surface area contributed by atoms with Gasteiger partial charge in [0.15, 0.2) is 11.6 Å². The van der Waals surface area contributed by atoms with Gasteiger partial charge in [-0.3, -0.25) is 9.59 Å². The zero-order valence-electron chi connectivity index (χ0n) is 15.0. The van der Waals surface area contributed by atoms with Crippen molar-refractivity contribution in [1.82, 2.24) is 24.9 Å². The molecule has 158 valence electrons. The van der Waals surface area contributed by atoms with Gasteiger partial charge in [0.1, 0.15) is 6.54 Å². The van der Waals surface area contributed by atoms with Crippen LogP contribution in [0.3, 0.4) is 0 Å². The number of carboxylic acid groups (broad SMARTS) is 1. The Morgan fingerprint density at radius 1 is 1.28 bits per heavy atom. The number of carbonyl (C=O) groups excluding carboxylic acids is 1. The van der Waals surface area contributed by atoms with Crippen LogP contribution in [0.15, 0.2) is 18.2 Å². The van der Waals surface area contributed by atoms with Crippen LogP contribution in [-0.4, -0.2) is 63.8 Å². The number of carboxylic acids is 1. The number of hydrogen-bond donors (Lipinski definition) is 3. The Kier molecular flexibility index (Phi) is 8.05. The first-order valence-electron chi connectivity index (χ1n) is 8.25. The highest BCUT2D eigenvalue weighted by atomic mass is 35.5. The van der Waals surface area contributed by atoms with Crippen LogP contribution in [0.5, 0.6) is 0 Å². The van der Waals surface area contributed by atoms with E-state index < -0.39 is 46.5 Å². The SMILES string of the molecule is NCCS(=O)(=O)NC(CC(=O)O)C(=O)Cn1nnc(Cc2c(Cl)cccc2Cl)n1. The summed E-state index contributed by atoms with van der Waals surface area (Å²) in [5, 5.41) is 21.4. The van der Waals surface area contributed by atoms with Gasteiger partial charge >= 0.3 is 5.97 Å². The Labute approximate surface area is 176 Å². The molecule has 0 fully saturated rings. The molecule has 11 nitrogen and oxygen atoms in total. The number of halogens is 2. The highest BCUT2D eigenvalue weighted by Gasteiger charge is 2.27. The maximum atomic E-state index is 12.4. The third-order valence-corrected chi connectivity index (χ3v) is 5.79. The van der Waals surface area contributed by atoms with Gasteiger partial charge in [-0.05, 0) is 22.9 Å². The summed E-state index contributed by atoms with van der Waals surface area (Å²) >= 11 is 12.2. The molecular formula is C15H18Cl2N6O5S. The fourth-order valence-corrected chi connectivity index (χ4v) is 3.96. The first kappa shape index (κ1) is 23.2. The third kappa shape index (κ3) is 7.01. The molecule has 1 atom stereocenters. The Morgan fingerprint density at radius 3 is 2.52 bits per heavy atom. The molecule has 1 aromatic heterocycles. The molecule has 2 rings (SSSR count). The first-order valence-corrected chi connectivity index (χ1v) is 10.7. The number of benzene rings is 1. The second kappa shape index (κ2) is 10.1. The molecule has 0 aliphatic heterocycles. The predicted molar refractivity (Wildman–Crippen MR) is 104 cm³/mol. The number of nitrogens with two attached hydrogens (primary N) is 1. The summed E-state index contributed by atoms with van der Waals surface area (Å²) in [6, 6.07) is 3.50. The number of Topliss-reactive ketones (excluding diaryl/α,β-unsaturated/α-hetero) is 1. The van der Waals surface area contributed by atoms with Crippen LogP contribution in [0, 0.1) is 0 Å². The van der Waals surface area contributed by atoms with Crippen LogP contribution in [0.25, 0.3) is 0 Å². The topological polar surface area (TPSA) is 170 Å². The van der Waals surface area contributed by atoms with Crippen molar-refractivity contribution in [3.8, 4) is 0 Å². The molecule has 29 heavy (non-hydrogen) atoms. The monoisotopic (exact) mass is 464 g/mol. The van der Waals surface area contributed by atoms with Crippen LogP contribution >= 0.6 is 23.2 Å². The molecule has 0 aliphatic rings. The van der Waals surface area contributed by atoms with Gasteiger partial charge in [-0.25, -0.2) is 13.1 Å². The minimum absolute atomic E-state index is 0.161. The van der Waals surface area contributed by atoms with Gasteiger partial charge in [0, 0.05) is 23.0 Å². The zero-order valence-corrected chi connectivity index (χ0v) is 17.3. The number of nitrogens with zero attached hydrogens (tertiary/aromatic N) is 4. The molecule has 1 unspecified atom stereocenters. The maximum absolute atomic E-state index is 12.4. The Hall–Kier alpha value is -2.12. The van der Waals surface area contributed by atoms with Crippen molar-refractivity contribution in [2.75, 3.05) is 12.3 Å². The highest BCUT2D eigenvalue weighted by molar-refractivity contribution is 7.89. The summed E-state index contributed by atoms with van der Waals surface area (Å²) in [5.74, 6) is -2.31. The molecule has 14 heteroatoms. The second-order valence-electron chi connectivity index (χ2n) is 5.96. The van der Waals surface area contributed by atoms with Crippen LogP contribution < -0.4 is 10.5 Å². The largest absolute Gasteiger partial charge is 0.481 e. The molecule has 0 radical (unpaired) electrons. The fourth-order valence-electron chi connectivity index (χ4n) is 2.35. The predicted octanol–water partition coefficient (Wildman–Crippen LogP) is -0.139. The van der Waals surface area contributed by atoms with Crippen LogP contribution in [0.1, 0.15) is 17.8 Å². The van der Waals surface area contributed by atoms with Crippen LogP contribution in [0.4, 0.5) is 0 Å². The molecule has 2 aromatic rings. The van der Waals surface area contributed by atoms with E-state index in [0.717, 1.165) is 4.80 Å². The van der Waals surface area contributed by atoms with E-state index in [9.17, 15) is 18.0 Å². The summed E-state index contributed by atoms with van der Waals surface area (Å²) in [4.78, 5) is 24.3. The highest BCUT2D eigenvalue weighted by Crippen LogP contribution is 2.25. The number of ketones is 1. The summed E-state index contributed by atoms with van der Waals surface area (Å²) in [6.45, 7) is -0.658. The number of tetrazole rings is 1. The summed E-state index contributed by atoms with van der Waals surface area (Å²) in [6.07, 6.45) is -0.576. The smallest absolute Gasteiger partial charge is 0.305 e. The van der Waals surface area contributed by atoms with E-state index in [1.54, 1.807) is 18.2 Å². The standard InChI is InChI=1S/C15H18Cl2N6O5S/c16-10-2-1-3-11(17)9(10)6-14-19-22-23(20-14)8-13(24)12(7-15(25)26)21-29(27,28)5-4-18/h1-3,12,21H,4-8,18H2,(H,25,26). The molecule has 1 heterocycles. The number of nitrogens with one attached hydrogen (secondary N) is 1. The van der Waals surface area contributed by atoms with Crippen molar-refractivity contribution >= 4 is 45.0 Å². The summed E-state index contributed by atoms with van der Waals surface area (Å²) < 4.78 is 25.7. The average Bonchev–Trinajstić information content (AvgIpc) is 3.04. The molecule has 1 aromatic carbocycles. The van der Waals surface area contributed by atoms with Crippen molar-refractivity contribution in [3.05, 3.63) is 39.6 Å². The third-order valence-electron chi connectivity index (χ3n) is 3.66. The number of hydrogen-bond acceptors (Lipinski definition) is 8. The van der Waals surface area contributed by atoms with Gasteiger partial charge < -0.3 is 10.8 Å². The lowest BCUT2D eigenvalue weighted by atomic mass is 10.1. The van der Waals surface area contributed by atoms with Crippen LogP contribution in [-0.2, 0) is 32.6 Å². The Morgan fingerprint density at radius 2 is 1.93 bits per heavy atom. The van der Waals surface area contributed by atoms with Gasteiger partial charge in [-0.1, -0.05) is 29.3 Å². The van der Waals surface area contributed by atoms with Crippen molar-refractivity contribution in [2.45, 2.75) is 25.4 Å². The van der Waals surface area contributed by atoms with E-state index in [1.165, 1.54) is 0 Å². The zero-order chi connectivity index (χ0) is 21.6. The van der Waals surface area contributed by atoms with Crippen molar-refractivity contribution in [1.29, 1.82) is 0 Å². The molecule has 4 N–H and O–H groups in total. The minimum atomic E-state index is -3.91. The van der Waals surface area contributed by atoms with E-state index in [2.05, 4.69) is 15.4 Å². The molecule has 0 amide bonds. The van der Waals surface area contributed by atoms with Gasteiger partial charge in [-0.15, -0.1) is 10.2 Å². The van der Waals surface area contributed by atoms with Gasteiger partial charge in [0.25, 0.3) is 0 Å². The number of carbonyl (C=O) groups is 2. The van der Waals surface area contributed by atoms with E-state index >= 15 is 0 Å². The quantitative estimate of drug-likeness (QED) is 0.409.